The molecule has 3 aromatic carbocycles. The van der Waals surface area contributed by atoms with Gasteiger partial charge in [-0.1, -0.05) is 48.5 Å². The van der Waals surface area contributed by atoms with E-state index in [0.29, 0.717) is 16.3 Å². The number of anilines is 2. The zero-order valence-electron chi connectivity index (χ0n) is 16.5. The second kappa shape index (κ2) is 8.89. The van der Waals surface area contributed by atoms with Crippen LogP contribution in [0.3, 0.4) is 0 Å². The summed E-state index contributed by atoms with van der Waals surface area (Å²) in [4.78, 5) is 13.2. The molecule has 0 unspecified atom stereocenters. The lowest BCUT2D eigenvalue weighted by molar-refractivity contribution is 0.103. The summed E-state index contributed by atoms with van der Waals surface area (Å²) in [6.45, 7) is 0.184. The number of carbonyl (C=O) groups excluding carboxylic acids is 1. The van der Waals surface area contributed by atoms with Crippen LogP contribution < -0.4 is 15.8 Å². The van der Waals surface area contributed by atoms with Crippen molar-refractivity contribution < 1.29 is 13.2 Å². The van der Waals surface area contributed by atoms with Crippen LogP contribution in [0.2, 0.25) is 0 Å². The third-order valence-electron chi connectivity index (χ3n) is 4.71. The highest BCUT2D eigenvalue weighted by molar-refractivity contribution is 7.88. The van der Waals surface area contributed by atoms with Crippen LogP contribution in [0.4, 0.5) is 11.4 Å². The molecule has 6 nitrogen and oxygen atoms in total. The van der Waals surface area contributed by atoms with Gasteiger partial charge in [-0.25, -0.2) is 13.1 Å². The molecule has 31 heavy (non-hydrogen) atoms. The molecule has 0 aliphatic carbocycles. The number of sulfonamides is 1. The molecule has 0 radical (unpaired) electrons. The second-order valence-electron chi connectivity index (χ2n) is 7.09. The maximum atomic E-state index is 12.6. The van der Waals surface area contributed by atoms with Gasteiger partial charge in [-0.05, 0) is 46.8 Å². The van der Waals surface area contributed by atoms with Crippen LogP contribution in [-0.4, -0.2) is 14.3 Å². The van der Waals surface area contributed by atoms with E-state index >= 15 is 0 Å². The molecular weight excluding hydrogens is 430 g/mol. The molecule has 0 aliphatic heterocycles. The molecule has 158 valence electrons. The summed E-state index contributed by atoms with van der Waals surface area (Å²) in [6, 6.07) is 23.6. The van der Waals surface area contributed by atoms with Gasteiger partial charge in [0.05, 0.1) is 22.0 Å². The highest BCUT2D eigenvalue weighted by Gasteiger charge is 2.14. The van der Waals surface area contributed by atoms with Crippen LogP contribution in [0, 0.1) is 0 Å². The van der Waals surface area contributed by atoms with Crippen LogP contribution in [0.1, 0.15) is 20.8 Å². The van der Waals surface area contributed by atoms with E-state index in [1.165, 1.54) is 11.3 Å². The minimum atomic E-state index is -3.46. The fourth-order valence-electron chi connectivity index (χ4n) is 3.15. The Morgan fingerprint density at radius 2 is 1.65 bits per heavy atom. The first-order chi connectivity index (χ1) is 14.9. The lowest BCUT2D eigenvalue weighted by atomic mass is 10.1. The first-order valence-electron chi connectivity index (χ1n) is 9.59. The molecule has 1 amide bonds. The molecule has 0 fully saturated rings. The van der Waals surface area contributed by atoms with Gasteiger partial charge in [0.15, 0.2) is 0 Å². The topological polar surface area (TPSA) is 101 Å². The summed E-state index contributed by atoms with van der Waals surface area (Å²) < 4.78 is 28.3. The molecule has 0 atom stereocenters. The maximum absolute atomic E-state index is 12.6. The van der Waals surface area contributed by atoms with E-state index in [1.54, 1.807) is 36.4 Å². The van der Waals surface area contributed by atoms with Crippen molar-refractivity contribution in [2.75, 3.05) is 11.1 Å². The van der Waals surface area contributed by atoms with Crippen molar-refractivity contribution in [2.24, 2.45) is 0 Å². The number of carbonyl (C=O) groups is 1. The molecule has 0 bridgehead atoms. The Bertz CT molecular complexity index is 1330. The van der Waals surface area contributed by atoms with Crippen molar-refractivity contribution in [3.63, 3.8) is 0 Å². The van der Waals surface area contributed by atoms with Crippen molar-refractivity contribution in [2.45, 2.75) is 12.3 Å². The normalized spacial score (nSPS) is 11.5. The number of para-hydroxylation sites is 2. The van der Waals surface area contributed by atoms with Crippen LogP contribution in [0.5, 0.6) is 0 Å². The number of hydrogen-bond donors (Lipinski definition) is 3. The standard InChI is InChI=1S/C23H21N3O3S2/c24-19-8-4-5-9-20(19)26-23(27)22-13-18-12-17(10-11-21(18)30-22)14-25-31(28,29)15-16-6-2-1-3-7-16/h1-13,25H,14-15,24H2,(H,26,27). The molecule has 0 spiro atoms. The summed E-state index contributed by atoms with van der Waals surface area (Å²) >= 11 is 1.37. The Balaban J connectivity index is 1.45. The average Bonchev–Trinajstić information content (AvgIpc) is 3.18. The maximum Gasteiger partial charge on any atom is 0.265 e. The molecule has 4 N–H and O–H groups in total. The number of rotatable bonds is 7. The first-order valence-corrected chi connectivity index (χ1v) is 12.1. The average molecular weight is 452 g/mol. The minimum Gasteiger partial charge on any atom is -0.397 e. The number of hydrogen-bond acceptors (Lipinski definition) is 5. The Morgan fingerprint density at radius 3 is 2.42 bits per heavy atom. The smallest absolute Gasteiger partial charge is 0.265 e. The van der Waals surface area contributed by atoms with Gasteiger partial charge in [0.2, 0.25) is 10.0 Å². The monoisotopic (exact) mass is 451 g/mol. The lowest BCUT2D eigenvalue weighted by Crippen LogP contribution is -2.24. The van der Waals surface area contributed by atoms with Gasteiger partial charge >= 0.3 is 0 Å². The van der Waals surface area contributed by atoms with Gasteiger partial charge in [0.1, 0.15) is 0 Å². The highest BCUT2D eigenvalue weighted by atomic mass is 32.2. The minimum absolute atomic E-state index is 0.0680. The number of benzene rings is 3. The van der Waals surface area contributed by atoms with E-state index < -0.39 is 10.0 Å². The van der Waals surface area contributed by atoms with Gasteiger partial charge in [-0.15, -0.1) is 11.3 Å². The second-order valence-corrected chi connectivity index (χ2v) is 9.98. The third kappa shape index (κ3) is 5.29. The quantitative estimate of drug-likeness (QED) is 0.364. The Morgan fingerprint density at radius 1 is 0.903 bits per heavy atom. The van der Waals surface area contributed by atoms with Gasteiger partial charge in [0, 0.05) is 11.2 Å². The summed E-state index contributed by atoms with van der Waals surface area (Å²) in [7, 11) is -3.46. The molecular formula is C23H21N3O3S2. The molecule has 1 aromatic heterocycles. The van der Waals surface area contributed by atoms with E-state index in [0.717, 1.165) is 21.2 Å². The Hall–Kier alpha value is -3.20. The van der Waals surface area contributed by atoms with Gasteiger partial charge in [-0.3, -0.25) is 4.79 Å². The number of amides is 1. The zero-order valence-corrected chi connectivity index (χ0v) is 18.2. The number of fused-ring (bicyclic) bond motifs is 1. The molecule has 0 saturated heterocycles. The third-order valence-corrected chi connectivity index (χ3v) is 7.12. The number of thiophene rings is 1. The van der Waals surface area contributed by atoms with Crippen molar-refractivity contribution in [3.8, 4) is 0 Å². The van der Waals surface area contributed by atoms with Crippen molar-refractivity contribution in [1.82, 2.24) is 4.72 Å². The summed E-state index contributed by atoms with van der Waals surface area (Å²) in [5.41, 5.74) is 8.52. The van der Waals surface area contributed by atoms with E-state index in [9.17, 15) is 13.2 Å². The summed E-state index contributed by atoms with van der Waals surface area (Å²) in [6.07, 6.45) is 0. The molecule has 0 saturated carbocycles. The molecule has 1 heterocycles. The van der Waals surface area contributed by atoms with Crippen LogP contribution in [0.25, 0.3) is 10.1 Å². The largest absolute Gasteiger partial charge is 0.397 e. The van der Waals surface area contributed by atoms with E-state index in [2.05, 4.69) is 10.0 Å². The lowest BCUT2D eigenvalue weighted by Gasteiger charge is -2.07. The zero-order chi connectivity index (χ0) is 21.8. The van der Waals surface area contributed by atoms with E-state index in [1.807, 2.05) is 42.5 Å². The SMILES string of the molecule is Nc1ccccc1NC(=O)c1cc2cc(CNS(=O)(=O)Cc3ccccc3)ccc2s1. The first kappa shape index (κ1) is 21.0. The number of nitrogens with one attached hydrogen (secondary N) is 2. The van der Waals surface area contributed by atoms with Crippen LogP contribution >= 0.6 is 11.3 Å². The van der Waals surface area contributed by atoms with E-state index in [-0.39, 0.29) is 18.2 Å². The molecule has 4 rings (SSSR count). The molecule has 8 heteroatoms. The Labute approximate surface area is 184 Å². The fraction of sp³-hybridized carbons (Fsp3) is 0.0870. The van der Waals surface area contributed by atoms with Crippen LogP contribution in [-0.2, 0) is 22.3 Å². The van der Waals surface area contributed by atoms with E-state index in [4.69, 9.17) is 5.73 Å². The van der Waals surface area contributed by atoms with Gasteiger partial charge < -0.3 is 11.1 Å². The highest BCUT2D eigenvalue weighted by Crippen LogP contribution is 2.28. The van der Waals surface area contributed by atoms with Gasteiger partial charge in [-0.2, -0.15) is 0 Å². The Kier molecular flexibility index (Phi) is 6.03. The van der Waals surface area contributed by atoms with Crippen molar-refractivity contribution in [3.05, 3.63) is 94.9 Å². The van der Waals surface area contributed by atoms with Crippen molar-refractivity contribution in [1.29, 1.82) is 0 Å². The number of nitrogen functional groups attached to an aromatic ring is 1. The fourth-order valence-corrected chi connectivity index (χ4v) is 5.21. The summed E-state index contributed by atoms with van der Waals surface area (Å²) in [5.74, 6) is -0.300. The van der Waals surface area contributed by atoms with Crippen LogP contribution in [0.15, 0.2) is 78.9 Å². The van der Waals surface area contributed by atoms with Crippen molar-refractivity contribution >= 4 is 48.7 Å². The predicted octanol–water partition coefficient (Wildman–Crippen LogP) is 4.36. The predicted molar refractivity (Wildman–Crippen MR) is 127 cm³/mol. The summed E-state index contributed by atoms with van der Waals surface area (Å²) in [5, 5.41) is 3.71. The number of nitrogens with two attached hydrogens (primary N) is 1. The van der Waals surface area contributed by atoms with Gasteiger partial charge in [0.25, 0.3) is 5.91 Å². The molecule has 4 aromatic rings. The molecule has 0 aliphatic rings.